The Hall–Kier alpha value is -1.86. The second-order valence-corrected chi connectivity index (χ2v) is 11.7. The van der Waals surface area contributed by atoms with E-state index in [2.05, 4.69) is 14.9 Å². The molecule has 0 atom stereocenters. The summed E-state index contributed by atoms with van der Waals surface area (Å²) in [6.07, 6.45) is -5.31. The van der Waals surface area contributed by atoms with E-state index in [1.165, 1.54) is 0 Å². The van der Waals surface area contributed by atoms with E-state index >= 15 is 0 Å². The molecule has 13 heteroatoms. The number of hydrogen-bond donors (Lipinski definition) is 2. The molecule has 1 amide bonds. The van der Waals surface area contributed by atoms with Crippen LogP contribution in [0.15, 0.2) is 18.2 Å². The minimum Gasteiger partial charge on any atom is -0.352 e. The van der Waals surface area contributed by atoms with Crippen LogP contribution in [-0.4, -0.2) is 56.7 Å². The molecule has 2 fully saturated rings. The van der Waals surface area contributed by atoms with Gasteiger partial charge in [0.1, 0.15) is 0 Å². The molecule has 36 heavy (non-hydrogen) atoms. The van der Waals surface area contributed by atoms with Crippen molar-refractivity contribution in [3.8, 4) is 0 Å². The van der Waals surface area contributed by atoms with Crippen LogP contribution in [0, 0.1) is 5.92 Å². The predicted octanol–water partition coefficient (Wildman–Crippen LogP) is 4.42. The number of piperidine rings is 1. The third-order valence-electron chi connectivity index (χ3n) is 6.95. The van der Waals surface area contributed by atoms with Gasteiger partial charge in [-0.15, -0.1) is 0 Å². The Morgan fingerprint density at radius 3 is 2.00 bits per heavy atom. The fourth-order valence-corrected chi connectivity index (χ4v) is 6.02. The summed E-state index contributed by atoms with van der Waals surface area (Å²) in [5.74, 6) is -0.981. The summed E-state index contributed by atoms with van der Waals surface area (Å²) in [7, 11) is -3.36. The maximum atomic E-state index is 13.1. The van der Waals surface area contributed by atoms with Crippen LogP contribution in [0.3, 0.4) is 0 Å². The molecular weight excluding hydrogens is 512 g/mol. The molecule has 0 aromatic heterocycles. The first kappa shape index (κ1) is 28.7. The molecular formula is C23H31F6N3O3S. The fourth-order valence-electron chi connectivity index (χ4n) is 4.95. The first-order valence-corrected chi connectivity index (χ1v) is 13.6. The normalized spacial score (nSPS) is 20.0. The maximum Gasteiger partial charge on any atom is 0.416 e. The highest BCUT2D eigenvalue weighted by Gasteiger charge is 2.40. The van der Waals surface area contributed by atoms with Gasteiger partial charge in [0.05, 0.1) is 16.9 Å². The first-order chi connectivity index (χ1) is 16.6. The Kier molecular flexibility index (Phi) is 8.66. The molecule has 204 valence electrons. The standard InChI is InChI=1S/C23H31F6N3O3S/c1-2-36(34,35)31-21(7-3-4-8-21)15-32-9-5-16(6-10-32)14-30-20(33)17-11-18(22(24,25)26)13-19(12-17)23(27,28)29/h11-13,16,31H,2-10,14-15H2,1H3,(H,30,33). The average molecular weight is 544 g/mol. The largest absolute Gasteiger partial charge is 0.416 e. The Bertz CT molecular complexity index is 996. The Morgan fingerprint density at radius 2 is 1.53 bits per heavy atom. The summed E-state index contributed by atoms with van der Waals surface area (Å²) in [5, 5.41) is 2.48. The van der Waals surface area contributed by atoms with Gasteiger partial charge in [-0.1, -0.05) is 12.8 Å². The number of carbonyl (C=O) groups excluding carboxylic acids is 1. The van der Waals surface area contributed by atoms with Crippen molar-refractivity contribution in [1.29, 1.82) is 0 Å². The summed E-state index contributed by atoms with van der Waals surface area (Å²) < 4.78 is 106. The van der Waals surface area contributed by atoms with Gasteiger partial charge in [0.2, 0.25) is 10.0 Å². The van der Waals surface area contributed by atoms with Crippen LogP contribution >= 0.6 is 0 Å². The molecule has 0 radical (unpaired) electrons. The van der Waals surface area contributed by atoms with Gasteiger partial charge in [-0.3, -0.25) is 4.79 Å². The number of rotatable bonds is 8. The van der Waals surface area contributed by atoms with Crippen molar-refractivity contribution in [1.82, 2.24) is 14.9 Å². The number of likely N-dealkylation sites (tertiary alicyclic amines) is 1. The average Bonchev–Trinajstić information content (AvgIpc) is 3.24. The number of nitrogens with one attached hydrogen (secondary N) is 2. The van der Waals surface area contributed by atoms with E-state index in [0.29, 0.717) is 44.6 Å². The summed E-state index contributed by atoms with van der Waals surface area (Å²) in [4.78, 5) is 14.6. The lowest BCUT2D eigenvalue weighted by molar-refractivity contribution is -0.143. The minimum atomic E-state index is -5.02. The highest BCUT2D eigenvalue weighted by atomic mass is 32.2. The molecule has 1 aliphatic carbocycles. The molecule has 1 aromatic carbocycles. The lowest BCUT2D eigenvalue weighted by atomic mass is 9.93. The van der Waals surface area contributed by atoms with Gasteiger partial charge in [0.25, 0.3) is 5.91 Å². The van der Waals surface area contributed by atoms with Crippen molar-refractivity contribution < 1.29 is 39.6 Å². The van der Waals surface area contributed by atoms with Gasteiger partial charge in [-0.25, -0.2) is 13.1 Å². The van der Waals surface area contributed by atoms with Gasteiger partial charge < -0.3 is 10.2 Å². The number of alkyl halides is 6. The van der Waals surface area contributed by atoms with Gasteiger partial charge in [0, 0.05) is 24.2 Å². The van der Waals surface area contributed by atoms with Crippen molar-refractivity contribution in [2.24, 2.45) is 5.92 Å². The van der Waals surface area contributed by atoms with Crippen molar-refractivity contribution in [3.05, 3.63) is 34.9 Å². The van der Waals surface area contributed by atoms with Crippen LogP contribution in [0.4, 0.5) is 26.3 Å². The third-order valence-corrected chi connectivity index (χ3v) is 8.45. The van der Waals surface area contributed by atoms with Crippen molar-refractivity contribution in [3.63, 3.8) is 0 Å². The van der Waals surface area contributed by atoms with Crippen LogP contribution < -0.4 is 10.0 Å². The summed E-state index contributed by atoms with van der Waals surface area (Å²) in [6.45, 7) is 3.59. The van der Waals surface area contributed by atoms with Gasteiger partial charge in [-0.05, 0) is 69.8 Å². The Labute approximate surface area is 206 Å². The lowest BCUT2D eigenvalue weighted by Crippen LogP contribution is -2.55. The van der Waals surface area contributed by atoms with Crippen LogP contribution in [0.5, 0.6) is 0 Å². The summed E-state index contributed by atoms with van der Waals surface area (Å²) in [5.41, 5.74) is -4.25. The van der Waals surface area contributed by atoms with Crippen LogP contribution in [0.25, 0.3) is 0 Å². The second-order valence-electron chi connectivity index (χ2n) is 9.72. The molecule has 1 saturated heterocycles. The van der Waals surface area contributed by atoms with E-state index in [0.717, 1.165) is 25.7 Å². The first-order valence-electron chi connectivity index (χ1n) is 11.9. The smallest absolute Gasteiger partial charge is 0.352 e. The van der Waals surface area contributed by atoms with Crippen LogP contribution in [0.1, 0.15) is 66.9 Å². The Morgan fingerprint density at radius 1 is 1.00 bits per heavy atom. The van der Waals surface area contributed by atoms with Gasteiger partial charge in [0.15, 0.2) is 0 Å². The molecule has 1 aliphatic heterocycles. The van der Waals surface area contributed by atoms with E-state index in [4.69, 9.17) is 0 Å². The molecule has 1 saturated carbocycles. The highest BCUT2D eigenvalue weighted by molar-refractivity contribution is 7.89. The van der Waals surface area contributed by atoms with E-state index in [1.807, 2.05) is 0 Å². The number of carbonyl (C=O) groups is 1. The zero-order valence-corrected chi connectivity index (χ0v) is 20.8. The van der Waals surface area contributed by atoms with Gasteiger partial charge >= 0.3 is 12.4 Å². The molecule has 0 bridgehead atoms. The SMILES string of the molecule is CCS(=O)(=O)NC1(CN2CCC(CNC(=O)c3cc(C(F)(F)F)cc(C(F)(F)F)c3)CC2)CCCC1. The van der Waals surface area contributed by atoms with E-state index in [1.54, 1.807) is 6.92 Å². The zero-order chi connectivity index (χ0) is 26.8. The number of nitrogens with zero attached hydrogens (tertiary/aromatic N) is 1. The van der Waals surface area contributed by atoms with Crippen LogP contribution in [-0.2, 0) is 22.4 Å². The quantitative estimate of drug-likeness (QED) is 0.476. The molecule has 3 rings (SSSR count). The molecule has 1 heterocycles. The van der Waals surface area contributed by atoms with Crippen molar-refractivity contribution >= 4 is 15.9 Å². The number of benzene rings is 1. The van der Waals surface area contributed by atoms with Crippen LogP contribution in [0.2, 0.25) is 0 Å². The molecule has 0 unspecified atom stereocenters. The fraction of sp³-hybridized carbons (Fsp3) is 0.696. The van der Waals surface area contributed by atoms with Crippen molar-refractivity contribution in [2.75, 3.05) is 31.9 Å². The number of halogens is 6. The van der Waals surface area contributed by atoms with Gasteiger partial charge in [-0.2, -0.15) is 26.3 Å². The maximum absolute atomic E-state index is 13.1. The number of hydrogen-bond acceptors (Lipinski definition) is 4. The third kappa shape index (κ3) is 7.58. The van der Waals surface area contributed by atoms with E-state index in [-0.39, 0.29) is 24.3 Å². The van der Waals surface area contributed by atoms with E-state index in [9.17, 15) is 39.6 Å². The zero-order valence-electron chi connectivity index (χ0n) is 19.9. The molecule has 2 aliphatic rings. The Balaban J connectivity index is 1.57. The summed E-state index contributed by atoms with van der Waals surface area (Å²) >= 11 is 0. The lowest BCUT2D eigenvalue weighted by Gasteiger charge is -2.39. The van der Waals surface area contributed by atoms with E-state index < -0.39 is 50.5 Å². The topological polar surface area (TPSA) is 78.5 Å². The molecule has 6 nitrogen and oxygen atoms in total. The van der Waals surface area contributed by atoms with Crippen molar-refractivity contribution in [2.45, 2.75) is 63.3 Å². The second kappa shape index (κ2) is 10.9. The summed E-state index contributed by atoms with van der Waals surface area (Å²) in [6, 6.07) is 0.835. The molecule has 0 spiro atoms. The predicted molar refractivity (Wildman–Crippen MR) is 122 cm³/mol. The molecule has 1 aromatic rings. The highest BCUT2D eigenvalue weighted by Crippen LogP contribution is 2.36. The number of amides is 1. The monoisotopic (exact) mass is 543 g/mol. The number of sulfonamides is 1. The minimum absolute atomic E-state index is 0.00458. The molecule has 2 N–H and O–H groups in total.